The first-order valence-corrected chi connectivity index (χ1v) is 22.6. The zero-order valence-electron chi connectivity index (χ0n) is 34.4. The Morgan fingerprint density at radius 2 is 1.55 bits per heavy atom. The number of hydrogen-bond donors (Lipinski definition) is 2. The Morgan fingerprint density at radius 1 is 0.821 bits per heavy atom. The van der Waals surface area contributed by atoms with Crippen molar-refractivity contribution in [2.24, 2.45) is 62.6 Å². The van der Waals surface area contributed by atoms with E-state index in [1.165, 1.54) is 19.3 Å². The number of ketones is 1. The Kier molecular flexibility index (Phi) is 8.51. The molecule has 6 nitrogen and oxygen atoms in total. The van der Waals surface area contributed by atoms with Gasteiger partial charge in [0.05, 0.1) is 18.2 Å². The summed E-state index contributed by atoms with van der Waals surface area (Å²) in [7, 11) is 0. The lowest BCUT2D eigenvalue weighted by Gasteiger charge is -2.71. The Hall–Kier alpha value is -2.96. The van der Waals surface area contributed by atoms with E-state index in [2.05, 4.69) is 52.0 Å². The van der Waals surface area contributed by atoms with Crippen LogP contribution in [0.5, 0.6) is 5.75 Å². The molecular weight excluding hydrogens is 695 g/mol. The minimum atomic E-state index is -1.13. The first-order chi connectivity index (χ1) is 26.7. The molecule has 1 amide bonds. The molecule has 0 heterocycles. The summed E-state index contributed by atoms with van der Waals surface area (Å²) in [4.78, 5) is 31.5. The van der Waals surface area contributed by atoms with Crippen LogP contribution in [0, 0.1) is 62.6 Å². The van der Waals surface area contributed by atoms with Gasteiger partial charge in [-0.2, -0.15) is 0 Å². The fraction of sp³-hybridized carbons (Fsp3) is 0.680. The predicted octanol–water partition coefficient (Wildman–Crippen LogP) is 10.5. The Balaban J connectivity index is 1.01. The quantitative estimate of drug-likeness (QED) is 0.275. The van der Waals surface area contributed by atoms with Crippen LogP contribution >= 0.6 is 0 Å². The number of aliphatic hydroxyl groups excluding tert-OH is 1. The number of carbonyl (C=O) groups excluding carboxylic acids is 2. The molecular formula is C50H65NO5. The van der Waals surface area contributed by atoms with Crippen molar-refractivity contribution >= 4 is 22.6 Å². The number of rotatable bonds is 7. The number of fused-ring (bicyclic) bond motifs is 4. The van der Waals surface area contributed by atoms with E-state index in [1.54, 1.807) is 0 Å². The molecule has 10 aliphatic rings. The third-order valence-electron chi connectivity index (χ3n) is 19.0. The normalized spacial score (nSPS) is 43.2. The zero-order chi connectivity index (χ0) is 38.9. The molecule has 0 aliphatic heterocycles. The lowest BCUT2D eigenvalue weighted by Crippen LogP contribution is -2.67. The van der Waals surface area contributed by atoms with Gasteiger partial charge in [-0.05, 0) is 140 Å². The van der Waals surface area contributed by atoms with Crippen LogP contribution in [0.2, 0.25) is 0 Å². The van der Waals surface area contributed by atoms with Gasteiger partial charge in [-0.15, -0.1) is 0 Å². The lowest BCUT2D eigenvalue weighted by atomic mass is 9.32. The Labute approximate surface area is 334 Å². The van der Waals surface area contributed by atoms with E-state index >= 15 is 4.79 Å². The van der Waals surface area contributed by atoms with Crippen molar-refractivity contribution < 1.29 is 24.5 Å². The minimum Gasteiger partial charge on any atom is -0.410 e. The minimum absolute atomic E-state index is 0.0521. The topological polar surface area (TPSA) is 87.1 Å². The van der Waals surface area contributed by atoms with E-state index in [9.17, 15) is 15.0 Å². The van der Waals surface area contributed by atoms with Gasteiger partial charge in [0.15, 0.2) is 5.78 Å². The SMILES string of the molecule is CC1(C)C2CCC(CN(CC3(O)CCC4C56C=CC7(C=C5C(=O)C5CCCCC5)CC(O)CCC7(C)C6CCC43C)C(=O)Oc3ccc4ccccc4c3)C1C2. The summed E-state index contributed by atoms with van der Waals surface area (Å²) in [5, 5.41) is 26.6. The molecule has 10 aliphatic carbocycles. The standard InChI is InChI=1S/C50H65NO5/c1-45(2)36-16-14-35(39(45)27-36)30-51(44(54)56-38-17-15-32-10-8-9-13-34(32)26-38)31-49(55)23-20-42-47(49,4)22-19-41-46(3)21-18-37(52)28-48(46)24-25-50(41,42)40(29-48)43(53)33-11-6-5-7-12-33/h8-10,13,15,17,24-26,29,33,35-37,39,41-42,52,55H,5-7,11-12,14,16,18-23,27-28,30-31H2,1-4H3. The van der Waals surface area contributed by atoms with Crippen molar-refractivity contribution in [3.63, 3.8) is 0 Å². The van der Waals surface area contributed by atoms with E-state index < -0.39 is 16.4 Å². The van der Waals surface area contributed by atoms with Crippen LogP contribution in [0.4, 0.5) is 4.79 Å². The fourth-order valence-electron chi connectivity index (χ4n) is 15.6. The van der Waals surface area contributed by atoms with Gasteiger partial charge in [0.25, 0.3) is 0 Å². The van der Waals surface area contributed by atoms with Gasteiger partial charge in [0.1, 0.15) is 5.75 Å². The molecule has 2 aromatic rings. The van der Waals surface area contributed by atoms with Gasteiger partial charge >= 0.3 is 6.09 Å². The molecule has 6 heteroatoms. The summed E-state index contributed by atoms with van der Waals surface area (Å²) in [6.45, 7) is 10.4. The number of benzene rings is 2. The number of ether oxygens (including phenoxy) is 1. The van der Waals surface area contributed by atoms with Gasteiger partial charge in [-0.25, -0.2) is 4.79 Å². The molecule has 0 aromatic heterocycles. The van der Waals surface area contributed by atoms with Gasteiger partial charge in [0, 0.05) is 34.3 Å². The van der Waals surface area contributed by atoms with Gasteiger partial charge in [-0.3, -0.25) is 4.79 Å². The van der Waals surface area contributed by atoms with E-state index in [0.29, 0.717) is 42.8 Å². The highest BCUT2D eigenvalue weighted by atomic mass is 16.6. The maximum Gasteiger partial charge on any atom is 0.415 e. The highest BCUT2D eigenvalue weighted by molar-refractivity contribution is 6.00. The average molecular weight is 760 g/mol. The molecule has 0 radical (unpaired) electrons. The summed E-state index contributed by atoms with van der Waals surface area (Å²) in [5.41, 5.74) is -1.15. The molecule has 7 saturated carbocycles. The molecule has 2 N–H and O–H groups in total. The third-order valence-corrected chi connectivity index (χ3v) is 19.0. The molecule has 12 rings (SSSR count). The monoisotopic (exact) mass is 759 g/mol. The first-order valence-electron chi connectivity index (χ1n) is 22.6. The molecule has 56 heavy (non-hydrogen) atoms. The average Bonchev–Trinajstić information content (AvgIpc) is 3.47. The molecule has 0 saturated heterocycles. The largest absolute Gasteiger partial charge is 0.415 e. The van der Waals surface area contributed by atoms with Gasteiger partial charge < -0.3 is 19.8 Å². The highest BCUT2D eigenvalue weighted by Gasteiger charge is 2.75. The maximum atomic E-state index is 15.0. The summed E-state index contributed by atoms with van der Waals surface area (Å²) in [6, 6.07) is 14.0. The van der Waals surface area contributed by atoms with Crippen molar-refractivity contribution in [2.45, 2.75) is 136 Å². The molecule has 11 unspecified atom stereocenters. The third kappa shape index (κ3) is 5.12. The number of carbonyl (C=O) groups is 2. The summed E-state index contributed by atoms with van der Waals surface area (Å²) < 4.78 is 6.27. The van der Waals surface area contributed by atoms with Crippen LogP contribution in [-0.4, -0.2) is 51.8 Å². The summed E-state index contributed by atoms with van der Waals surface area (Å²) >= 11 is 0. The summed E-state index contributed by atoms with van der Waals surface area (Å²) in [6.07, 6.45) is 21.1. The van der Waals surface area contributed by atoms with Crippen LogP contribution in [-0.2, 0) is 4.79 Å². The first kappa shape index (κ1) is 37.3. The number of nitrogens with zero attached hydrogens (tertiary/aromatic N) is 1. The number of allylic oxidation sites excluding steroid dienone is 4. The van der Waals surface area contributed by atoms with Crippen LogP contribution < -0.4 is 4.74 Å². The van der Waals surface area contributed by atoms with Crippen LogP contribution in [0.15, 0.2) is 66.3 Å². The summed E-state index contributed by atoms with van der Waals surface area (Å²) in [5.74, 6) is 3.01. The van der Waals surface area contributed by atoms with E-state index in [-0.39, 0.29) is 52.7 Å². The van der Waals surface area contributed by atoms with E-state index in [4.69, 9.17) is 4.74 Å². The Morgan fingerprint density at radius 3 is 2.32 bits per heavy atom. The highest BCUT2D eigenvalue weighted by Crippen LogP contribution is 2.78. The molecule has 4 bridgehead atoms. The second-order valence-electron chi connectivity index (χ2n) is 21.5. The van der Waals surface area contributed by atoms with Crippen LogP contribution in [0.1, 0.15) is 124 Å². The van der Waals surface area contributed by atoms with Crippen molar-refractivity contribution in [3.8, 4) is 5.75 Å². The van der Waals surface area contributed by atoms with Crippen molar-refractivity contribution in [2.75, 3.05) is 13.1 Å². The Bertz CT molecular complexity index is 1990. The smallest absolute Gasteiger partial charge is 0.410 e. The molecule has 2 aromatic carbocycles. The van der Waals surface area contributed by atoms with E-state index in [0.717, 1.165) is 86.5 Å². The number of hydrogen-bond acceptors (Lipinski definition) is 5. The molecule has 11 atom stereocenters. The number of Topliss-reactive ketones (excluding diaryl/α,β-unsaturated/α-hetero) is 1. The lowest BCUT2D eigenvalue weighted by molar-refractivity contribution is -0.180. The molecule has 7 fully saturated rings. The number of amides is 1. The fourth-order valence-corrected chi connectivity index (χ4v) is 15.6. The van der Waals surface area contributed by atoms with Crippen molar-refractivity contribution in [1.29, 1.82) is 0 Å². The van der Waals surface area contributed by atoms with Gasteiger partial charge in [0.2, 0.25) is 0 Å². The molecule has 300 valence electrons. The second kappa shape index (κ2) is 12.8. The molecule has 2 spiro atoms. The zero-order valence-corrected chi connectivity index (χ0v) is 34.4. The predicted molar refractivity (Wildman–Crippen MR) is 220 cm³/mol. The van der Waals surface area contributed by atoms with Crippen LogP contribution in [0.3, 0.4) is 0 Å². The van der Waals surface area contributed by atoms with Crippen molar-refractivity contribution in [1.82, 2.24) is 4.90 Å². The van der Waals surface area contributed by atoms with Crippen LogP contribution in [0.25, 0.3) is 10.8 Å². The van der Waals surface area contributed by atoms with E-state index in [1.807, 2.05) is 41.3 Å². The van der Waals surface area contributed by atoms with Gasteiger partial charge in [-0.1, -0.05) is 95.5 Å². The van der Waals surface area contributed by atoms with Crippen molar-refractivity contribution in [3.05, 3.63) is 66.3 Å². The second-order valence-corrected chi connectivity index (χ2v) is 21.5. The maximum absolute atomic E-state index is 15.0. The number of aliphatic hydroxyl groups is 2.